The predicted molar refractivity (Wildman–Crippen MR) is 80.5 cm³/mol. The molecule has 7 atom stereocenters. The minimum atomic E-state index is 0.957. The summed E-state index contributed by atoms with van der Waals surface area (Å²) < 4.78 is 0. The Bertz CT molecular complexity index is 257. The van der Waals surface area contributed by atoms with Crippen LogP contribution in [0.5, 0.6) is 0 Å². The highest BCUT2D eigenvalue weighted by Crippen LogP contribution is 2.50. The molecular formula is C18H34. The molecule has 2 aliphatic carbocycles. The molecule has 2 rings (SSSR count). The molecule has 0 aromatic rings. The third-order valence-electron chi connectivity index (χ3n) is 6.88. The molecule has 2 fully saturated rings. The molecule has 2 aliphatic rings. The van der Waals surface area contributed by atoms with E-state index in [0.717, 1.165) is 41.4 Å². The largest absolute Gasteiger partial charge is 0.0651 e. The highest BCUT2D eigenvalue weighted by atomic mass is 14.5. The first kappa shape index (κ1) is 14.4. The lowest BCUT2D eigenvalue weighted by molar-refractivity contribution is 0.109. The predicted octanol–water partition coefficient (Wildman–Crippen LogP) is 5.77. The molecule has 0 saturated heterocycles. The van der Waals surface area contributed by atoms with Crippen LogP contribution in [-0.4, -0.2) is 0 Å². The van der Waals surface area contributed by atoms with Gasteiger partial charge in [0.15, 0.2) is 0 Å². The van der Waals surface area contributed by atoms with Crippen molar-refractivity contribution in [3.05, 3.63) is 0 Å². The molecule has 0 spiro atoms. The van der Waals surface area contributed by atoms with Crippen molar-refractivity contribution in [3.8, 4) is 0 Å². The smallest absolute Gasteiger partial charge is 0.0355 e. The molecular weight excluding hydrogens is 216 g/mol. The summed E-state index contributed by atoms with van der Waals surface area (Å²) in [4.78, 5) is 0. The second-order valence-corrected chi connectivity index (χ2v) is 7.50. The van der Waals surface area contributed by atoms with Crippen LogP contribution in [0.25, 0.3) is 0 Å². The van der Waals surface area contributed by atoms with Gasteiger partial charge in [0.25, 0.3) is 0 Å². The van der Waals surface area contributed by atoms with Crippen molar-refractivity contribution in [3.63, 3.8) is 0 Å². The van der Waals surface area contributed by atoms with Crippen LogP contribution in [0.4, 0.5) is 0 Å². The lowest BCUT2D eigenvalue weighted by Crippen LogP contribution is -2.30. The Morgan fingerprint density at radius 2 is 1.44 bits per heavy atom. The minimum Gasteiger partial charge on any atom is -0.0651 e. The van der Waals surface area contributed by atoms with E-state index in [1.165, 1.54) is 32.1 Å². The molecule has 0 N–H and O–H groups in total. The second kappa shape index (κ2) is 5.97. The summed E-state index contributed by atoms with van der Waals surface area (Å²) in [6, 6.07) is 0. The lowest BCUT2D eigenvalue weighted by Gasteiger charge is -2.39. The van der Waals surface area contributed by atoms with Gasteiger partial charge in [-0.15, -0.1) is 0 Å². The molecule has 0 radical (unpaired) electrons. The van der Waals surface area contributed by atoms with Crippen molar-refractivity contribution in [2.75, 3.05) is 0 Å². The van der Waals surface area contributed by atoms with Crippen molar-refractivity contribution in [1.82, 2.24) is 0 Å². The van der Waals surface area contributed by atoms with E-state index in [4.69, 9.17) is 0 Å². The molecule has 0 aliphatic heterocycles. The highest BCUT2D eigenvalue weighted by Gasteiger charge is 2.41. The van der Waals surface area contributed by atoms with Crippen molar-refractivity contribution in [1.29, 1.82) is 0 Å². The maximum atomic E-state index is 2.53. The van der Waals surface area contributed by atoms with E-state index in [9.17, 15) is 0 Å². The van der Waals surface area contributed by atoms with Gasteiger partial charge in [0.2, 0.25) is 0 Å². The average Bonchev–Trinajstić information content (AvgIpc) is 2.65. The van der Waals surface area contributed by atoms with Crippen LogP contribution in [0.1, 0.15) is 73.1 Å². The number of rotatable bonds is 3. The zero-order chi connectivity index (χ0) is 13.3. The first-order valence-corrected chi connectivity index (χ1v) is 8.58. The van der Waals surface area contributed by atoms with E-state index in [1.807, 2.05) is 0 Å². The Balaban J connectivity index is 1.99. The van der Waals surface area contributed by atoms with Gasteiger partial charge in [-0.1, -0.05) is 47.5 Å². The molecule has 0 aromatic carbocycles. The molecule has 0 heteroatoms. The van der Waals surface area contributed by atoms with Crippen molar-refractivity contribution >= 4 is 0 Å². The van der Waals surface area contributed by atoms with Gasteiger partial charge in [0.1, 0.15) is 0 Å². The van der Waals surface area contributed by atoms with Crippen molar-refractivity contribution < 1.29 is 0 Å². The fourth-order valence-corrected chi connectivity index (χ4v) is 5.18. The Kier molecular flexibility index (Phi) is 4.78. The Hall–Kier alpha value is 0. The third kappa shape index (κ3) is 2.63. The molecule has 0 nitrogen and oxygen atoms in total. The van der Waals surface area contributed by atoms with Crippen LogP contribution in [0.15, 0.2) is 0 Å². The van der Waals surface area contributed by atoms with E-state index < -0.39 is 0 Å². The standard InChI is InChI=1S/C18H34/c1-6-15-8-9-17(11-16(15)7-2)18-10-12(3)13(4)14(18)5/h12-18H,6-11H2,1-5H3. The molecule has 0 aromatic heterocycles. The van der Waals surface area contributed by atoms with Crippen LogP contribution in [-0.2, 0) is 0 Å². The Morgan fingerprint density at radius 1 is 0.778 bits per heavy atom. The average molecular weight is 250 g/mol. The quantitative estimate of drug-likeness (QED) is 0.596. The fraction of sp³-hybridized carbons (Fsp3) is 1.00. The molecule has 7 unspecified atom stereocenters. The Morgan fingerprint density at radius 3 is 1.94 bits per heavy atom. The van der Waals surface area contributed by atoms with E-state index in [0.29, 0.717) is 0 Å². The first-order chi connectivity index (χ1) is 8.58. The van der Waals surface area contributed by atoms with E-state index in [2.05, 4.69) is 34.6 Å². The summed E-state index contributed by atoms with van der Waals surface area (Å²) in [5.41, 5.74) is 0. The SMILES string of the molecule is CCC1CCC(C2CC(C)C(C)C2C)CC1CC. The minimum absolute atomic E-state index is 0.957. The van der Waals surface area contributed by atoms with Gasteiger partial charge in [-0.3, -0.25) is 0 Å². The molecule has 2 saturated carbocycles. The normalized spacial score (nSPS) is 49.5. The van der Waals surface area contributed by atoms with E-state index in [-0.39, 0.29) is 0 Å². The maximum Gasteiger partial charge on any atom is -0.0355 e. The van der Waals surface area contributed by atoms with Gasteiger partial charge >= 0.3 is 0 Å². The fourth-order valence-electron chi connectivity index (χ4n) is 5.18. The molecule has 18 heavy (non-hydrogen) atoms. The van der Waals surface area contributed by atoms with Crippen LogP contribution < -0.4 is 0 Å². The second-order valence-electron chi connectivity index (χ2n) is 7.50. The molecule has 0 heterocycles. The molecule has 0 amide bonds. The summed E-state index contributed by atoms with van der Waals surface area (Å²) in [5.74, 6) is 7.07. The zero-order valence-corrected chi connectivity index (χ0v) is 13.3. The lowest BCUT2D eigenvalue weighted by atomic mass is 9.66. The topological polar surface area (TPSA) is 0 Å². The highest BCUT2D eigenvalue weighted by molar-refractivity contribution is 4.91. The molecule has 106 valence electrons. The van der Waals surface area contributed by atoms with Gasteiger partial charge < -0.3 is 0 Å². The number of hydrogen-bond donors (Lipinski definition) is 0. The number of hydrogen-bond acceptors (Lipinski definition) is 0. The van der Waals surface area contributed by atoms with Gasteiger partial charge in [0, 0.05) is 0 Å². The first-order valence-electron chi connectivity index (χ1n) is 8.58. The van der Waals surface area contributed by atoms with Crippen LogP contribution in [0.3, 0.4) is 0 Å². The van der Waals surface area contributed by atoms with Gasteiger partial charge in [-0.2, -0.15) is 0 Å². The van der Waals surface area contributed by atoms with Crippen LogP contribution in [0, 0.1) is 41.4 Å². The third-order valence-corrected chi connectivity index (χ3v) is 6.88. The van der Waals surface area contributed by atoms with Gasteiger partial charge in [-0.05, 0) is 67.1 Å². The van der Waals surface area contributed by atoms with Gasteiger partial charge in [-0.25, -0.2) is 0 Å². The summed E-state index contributed by atoms with van der Waals surface area (Å²) in [6.07, 6.45) is 8.94. The van der Waals surface area contributed by atoms with Crippen LogP contribution >= 0.6 is 0 Å². The van der Waals surface area contributed by atoms with E-state index >= 15 is 0 Å². The van der Waals surface area contributed by atoms with Gasteiger partial charge in [0.05, 0.1) is 0 Å². The monoisotopic (exact) mass is 250 g/mol. The van der Waals surface area contributed by atoms with Crippen molar-refractivity contribution in [2.24, 2.45) is 41.4 Å². The summed E-state index contributed by atoms with van der Waals surface area (Å²) in [6.45, 7) is 12.3. The van der Waals surface area contributed by atoms with E-state index in [1.54, 1.807) is 6.42 Å². The van der Waals surface area contributed by atoms with Crippen LogP contribution in [0.2, 0.25) is 0 Å². The summed E-state index contributed by atoms with van der Waals surface area (Å²) in [5, 5.41) is 0. The van der Waals surface area contributed by atoms with Crippen molar-refractivity contribution in [2.45, 2.75) is 73.1 Å². The molecule has 0 bridgehead atoms. The maximum absolute atomic E-state index is 2.53. The summed E-state index contributed by atoms with van der Waals surface area (Å²) in [7, 11) is 0. The zero-order valence-electron chi connectivity index (χ0n) is 13.3. The summed E-state index contributed by atoms with van der Waals surface area (Å²) >= 11 is 0. The Labute approximate surface area is 115 Å².